The smallest absolute Gasteiger partial charge is 0.311 e. The number of carboxylic acids is 1. The molecule has 21 heavy (non-hydrogen) atoms. The lowest BCUT2D eigenvalue weighted by atomic mass is 9.77. The lowest BCUT2D eigenvalue weighted by molar-refractivity contribution is -0.154. The van der Waals surface area contributed by atoms with Crippen molar-refractivity contribution in [3.8, 4) is 0 Å². The fourth-order valence-electron chi connectivity index (χ4n) is 2.74. The van der Waals surface area contributed by atoms with Crippen LogP contribution in [0, 0.1) is 12.3 Å². The van der Waals surface area contributed by atoms with Crippen molar-refractivity contribution in [3.05, 3.63) is 28.0 Å². The summed E-state index contributed by atoms with van der Waals surface area (Å²) in [5, 5.41) is 11.4. The highest BCUT2D eigenvalue weighted by atomic mass is 32.1. The first-order chi connectivity index (χ1) is 9.98. The zero-order valence-electron chi connectivity index (χ0n) is 12.5. The van der Waals surface area contributed by atoms with Crippen molar-refractivity contribution in [2.45, 2.75) is 33.1 Å². The number of amides is 1. The molecule has 114 valence electrons. The van der Waals surface area contributed by atoms with Crippen LogP contribution in [0.5, 0.6) is 0 Å². The molecule has 1 atom stereocenters. The van der Waals surface area contributed by atoms with Crippen molar-refractivity contribution in [1.29, 1.82) is 0 Å². The van der Waals surface area contributed by atoms with Crippen LogP contribution in [0.4, 0.5) is 0 Å². The largest absolute Gasteiger partial charge is 0.481 e. The summed E-state index contributed by atoms with van der Waals surface area (Å²) in [6, 6.07) is 2.02. The minimum absolute atomic E-state index is 0.0958. The quantitative estimate of drug-likeness (QED) is 0.869. The lowest BCUT2D eigenvalue weighted by Crippen LogP contribution is -2.49. The molecule has 1 aliphatic rings. The molecular formula is C16H21NO3S. The summed E-state index contributed by atoms with van der Waals surface area (Å²) in [6.45, 7) is 4.84. The van der Waals surface area contributed by atoms with E-state index in [0.29, 0.717) is 25.9 Å². The molecule has 1 fully saturated rings. The first-order valence-electron chi connectivity index (χ1n) is 7.23. The van der Waals surface area contributed by atoms with E-state index in [9.17, 15) is 14.7 Å². The van der Waals surface area contributed by atoms with E-state index in [-0.39, 0.29) is 5.91 Å². The number of likely N-dealkylation sites (tertiary alicyclic amines) is 1. The molecule has 0 aliphatic carbocycles. The maximum atomic E-state index is 12.3. The fraction of sp³-hybridized carbons (Fsp3) is 0.500. The number of nitrogens with zero attached hydrogens (tertiary/aromatic N) is 1. The SMILES string of the molecule is CCC1(C(=O)O)CCCN(C(=O)C=Cc2sccc2C)C1. The molecule has 5 heteroatoms. The van der Waals surface area contributed by atoms with Crippen molar-refractivity contribution in [1.82, 2.24) is 4.90 Å². The average Bonchev–Trinajstić information content (AvgIpc) is 2.89. The van der Waals surface area contributed by atoms with Crippen LogP contribution in [0.25, 0.3) is 6.08 Å². The van der Waals surface area contributed by atoms with E-state index < -0.39 is 11.4 Å². The van der Waals surface area contributed by atoms with Gasteiger partial charge in [-0.05, 0) is 49.3 Å². The Balaban J connectivity index is 2.07. The van der Waals surface area contributed by atoms with E-state index in [1.54, 1.807) is 22.3 Å². The summed E-state index contributed by atoms with van der Waals surface area (Å²) in [4.78, 5) is 26.5. The van der Waals surface area contributed by atoms with E-state index in [1.807, 2.05) is 31.4 Å². The standard InChI is InChI=1S/C16H21NO3S/c1-3-16(15(19)20)8-4-9-17(11-16)14(18)6-5-13-12(2)7-10-21-13/h5-7,10H,3-4,8-9,11H2,1-2H3,(H,19,20). The van der Waals surface area contributed by atoms with E-state index in [0.717, 1.165) is 16.9 Å². The molecular weight excluding hydrogens is 286 g/mol. The molecule has 1 saturated heterocycles. The van der Waals surface area contributed by atoms with Gasteiger partial charge in [0.2, 0.25) is 5.91 Å². The number of hydrogen-bond acceptors (Lipinski definition) is 3. The normalized spacial score (nSPS) is 22.7. The van der Waals surface area contributed by atoms with Gasteiger partial charge in [-0.1, -0.05) is 6.92 Å². The van der Waals surface area contributed by atoms with Crippen molar-refractivity contribution < 1.29 is 14.7 Å². The minimum atomic E-state index is -0.791. The third kappa shape index (κ3) is 3.35. The number of hydrogen-bond donors (Lipinski definition) is 1. The monoisotopic (exact) mass is 307 g/mol. The number of carbonyl (C=O) groups excluding carboxylic acids is 1. The summed E-state index contributed by atoms with van der Waals surface area (Å²) in [5.74, 6) is -0.887. The third-order valence-electron chi connectivity index (χ3n) is 4.30. The molecule has 0 bridgehead atoms. The fourth-order valence-corrected chi connectivity index (χ4v) is 3.56. The van der Waals surface area contributed by atoms with E-state index in [4.69, 9.17) is 0 Å². The number of carbonyl (C=O) groups is 2. The second-order valence-electron chi connectivity index (χ2n) is 5.60. The Morgan fingerprint density at radius 2 is 2.29 bits per heavy atom. The van der Waals surface area contributed by atoms with Crippen LogP contribution in [0.3, 0.4) is 0 Å². The first kappa shape index (κ1) is 15.8. The number of aryl methyl sites for hydroxylation is 1. The molecule has 1 aliphatic heterocycles. The first-order valence-corrected chi connectivity index (χ1v) is 8.11. The van der Waals surface area contributed by atoms with Crippen molar-refractivity contribution in [2.24, 2.45) is 5.41 Å². The second-order valence-corrected chi connectivity index (χ2v) is 6.55. The Bertz CT molecular complexity index is 564. The number of piperidine rings is 1. The minimum Gasteiger partial charge on any atom is -0.481 e. The molecule has 1 N–H and O–H groups in total. The van der Waals surface area contributed by atoms with Crippen LogP contribution in [0.1, 0.15) is 36.6 Å². The zero-order valence-corrected chi connectivity index (χ0v) is 13.3. The van der Waals surface area contributed by atoms with Crippen LogP contribution in [-0.4, -0.2) is 35.0 Å². The van der Waals surface area contributed by atoms with E-state index in [2.05, 4.69) is 0 Å². The summed E-state index contributed by atoms with van der Waals surface area (Å²) >= 11 is 1.60. The Labute approximate surface area is 129 Å². The van der Waals surface area contributed by atoms with E-state index >= 15 is 0 Å². The highest BCUT2D eigenvalue weighted by Crippen LogP contribution is 2.33. The molecule has 1 aromatic heterocycles. The number of rotatable bonds is 4. The van der Waals surface area contributed by atoms with Crippen molar-refractivity contribution in [2.75, 3.05) is 13.1 Å². The van der Waals surface area contributed by atoms with Gasteiger partial charge in [0.1, 0.15) is 0 Å². The van der Waals surface area contributed by atoms with Gasteiger partial charge in [0.25, 0.3) is 0 Å². The van der Waals surface area contributed by atoms with Crippen LogP contribution in [-0.2, 0) is 9.59 Å². The Kier molecular flexibility index (Phi) is 4.83. The molecule has 0 spiro atoms. The van der Waals surface area contributed by atoms with Gasteiger partial charge in [-0.25, -0.2) is 0 Å². The highest BCUT2D eigenvalue weighted by molar-refractivity contribution is 7.11. The molecule has 4 nitrogen and oxygen atoms in total. The number of thiophene rings is 1. The van der Waals surface area contributed by atoms with Gasteiger partial charge in [0.05, 0.1) is 5.41 Å². The average molecular weight is 307 g/mol. The lowest BCUT2D eigenvalue weighted by Gasteiger charge is -2.39. The van der Waals surface area contributed by atoms with Gasteiger partial charge in [-0.2, -0.15) is 0 Å². The summed E-state index contributed by atoms with van der Waals surface area (Å²) in [6.07, 6.45) is 5.34. The molecule has 0 saturated carbocycles. The number of aliphatic carboxylic acids is 1. The zero-order chi connectivity index (χ0) is 15.5. The van der Waals surface area contributed by atoms with Crippen LogP contribution < -0.4 is 0 Å². The van der Waals surface area contributed by atoms with Crippen LogP contribution >= 0.6 is 11.3 Å². The summed E-state index contributed by atoms with van der Waals surface area (Å²) < 4.78 is 0. The van der Waals surface area contributed by atoms with E-state index in [1.165, 1.54) is 0 Å². The molecule has 1 aromatic rings. The van der Waals surface area contributed by atoms with Crippen LogP contribution in [0.15, 0.2) is 17.5 Å². The van der Waals surface area contributed by atoms with Crippen molar-refractivity contribution in [3.63, 3.8) is 0 Å². The predicted octanol–water partition coefficient (Wildman–Crippen LogP) is 3.17. The maximum absolute atomic E-state index is 12.3. The van der Waals surface area contributed by atoms with Gasteiger partial charge < -0.3 is 10.0 Å². The molecule has 2 rings (SSSR count). The maximum Gasteiger partial charge on any atom is 0.311 e. The van der Waals surface area contributed by atoms with Gasteiger partial charge in [-0.3, -0.25) is 9.59 Å². The number of carboxylic acid groups (broad SMARTS) is 1. The van der Waals surface area contributed by atoms with Crippen LogP contribution in [0.2, 0.25) is 0 Å². The topological polar surface area (TPSA) is 57.6 Å². The van der Waals surface area contributed by atoms with Gasteiger partial charge in [0.15, 0.2) is 0 Å². The van der Waals surface area contributed by atoms with Crippen molar-refractivity contribution >= 4 is 29.3 Å². The predicted molar refractivity (Wildman–Crippen MR) is 84.3 cm³/mol. The molecule has 1 unspecified atom stereocenters. The molecule has 0 radical (unpaired) electrons. The second kappa shape index (κ2) is 6.43. The summed E-state index contributed by atoms with van der Waals surface area (Å²) in [7, 11) is 0. The molecule has 2 heterocycles. The summed E-state index contributed by atoms with van der Waals surface area (Å²) in [5.41, 5.74) is 0.372. The van der Waals surface area contributed by atoms with Gasteiger partial charge >= 0.3 is 5.97 Å². The molecule has 1 amide bonds. The third-order valence-corrected chi connectivity index (χ3v) is 5.28. The highest BCUT2D eigenvalue weighted by Gasteiger charge is 2.41. The Hall–Kier alpha value is -1.62. The Morgan fingerprint density at radius 1 is 1.52 bits per heavy atom. The Morgan fingerprint density at radius 3 is 2.86 bits per heavy atom. The van der Waals surface area contributed by atoms with Gasteiger partial charge in [0, 0.05) is 24.0 Å². The van der Waals surface area contributed by atoms with Gasteiger partial charge in [-0.15, -0.1) is 11.3 Å². The molecule has 0 aromatic carbocycles.